The number of carbonyl (C=O) groups excluding carboxylic acids is 2. The molecule has 0 atom stereocenters. The van der Waals surface area contributed by atoms with E-state index in [2.05, 4.69) is 15.9 Å². The smallest absolute Gasteiger partial charge is 0.255 e. The summed E-state index contributed by atoms with van der Waals surface area (Å²) < 4.78 is 5.80. The van der Waals surface area contributed by atoms with Crippen molar-refractivity contribution in [1.29, 1.82) is 0 Å². The average molecular weight is 357 g/mol. The molecule has 0 radical (unpaired) electrons. The van der Waals surface area contributed by atoms with Gasteiger partial charge < -0.3 is 14.5 Å². The van der Waals surface area contributed by atoms with Crippen LogP contribution in [0.15, 0.2) is 22.7 Å². The van der Waals surface area contributed by atoms with Crippen molar-refractivity contribution in [3.63, 3.8) is 0 Å². The van der Waals surface area contributed by atoms with Crippen LogP contribution in [0.2, 0.25) is 0 Å². The summed E-state index contributed by atoms with van der Waals surface area (Å²) in [5.74, 6) is 0.321. The van der Waals surface area contributed by atoms with E-state index in [0.29, 0.717) is 28.9 Å². The summed E-state index contributed by atoms with van der Waals surface area (Å²) in [5.41, 5.74) is 0.476. The van der Waals surface area contributed by atoms with Crippen LogP contribution in [0.3, 0.4) is 0 Å². The number of benzene rings is 1. The van der Waals surface area contributed by atoms with Crippen molar-refractivity contribution in [1.82, 2.24) is 9.80 Å². The quantitative estimate of drug-likeness (QED) is 0.786. The highest BCUT2D eigenvalue weighted by Crippen LogP contribution is 2.23. The Morgan fingerprint density at radius 1 is 1.24 bits per heavy atom. The van der Waals surface area contributed by atoms with Gasteiger partial charge in [0, 0.05) is 24.6 Å². The molecule has 0 saturated heterocycles. The second kappa shape index (κ2) is 8.02. The highest BCUT2D eigenvalue weighted by molar-refractivity contribution is 9.10. The molecule has 0 fully saturated rings. The summed E-state index contributed by atoms with van der Waals surface area (Å²) in [4.78, 5) is 27.6. The largest absolute Gasteiger partial charge is 0.497 e. The average Bonchev–Trinajstić information content (AvgIpc) is 2.48. The van der Waals surface area contributed by atoms with Crippen LogP contribution in [0.5, 0.6) is 5.75 Å². The lowest BCUT2D eigenvalue weighted by Gasteiger charge is -2.23. The van der Waals surface area contributed by atoms with Gasteiger partial charge in [-0.2, -0.15) is 0 Å². The van der Waals surface area contributed by atoms with Crippen LogP contribution in [-0.2, 0) is 4.79 Å². The van der Waals surface area contributed by atoms with Crippen molar-refractivity contribution in [3.05, 3.63) is 28.2 Å². The molecule has 0 aliphatic heterocycles. The zero-order chi connectivity index (χ0) is 16.0. The standard InChI is InChI=1S/C15H21BrN2O3/c1-5-18(6-2)14(19)10-17(3)15(20)12-9-11(21-4)7-8-13(12)16/h7-9H,5-6,10H2,1-4H3. The number of rotatable bonds is 6. The van der Waals surface area contributed by atoms with Crippen LogP contribution in [0.4, 0.5) is 0 Å². The summed E-state index contributed by atoms with van der Waals surface area (Å²) in [7, 11) is 3.17. The number of carbonyl (C=O) groups is 2. The molecule has 0 aliphatic carbocycles. The Balaban J connectivity index is 2.85. The first-order valence-electron chi connectivity index (χ1n) is 6.81. The van der Waals surface area contributed by atoms with Crippen molar-refractivity contribution >= 4 is 27.7 Å². The van der Waals surface area contributed by atoms with E-state index in [1.165, 1.54) is 4.90 Å². The van der Waals surface area contributed by atoms with Gasteiger partial charge in [0.25, 0.3) is 5.91 Å². The summed E-state index contributed by atoms with van der Waals surface area (Å²) in [6.07, 6.45) is 0. The predicted molar refractivity (Wildman–Crippen MR) is 85.6 cm³/mol. The van der Waals surface area contributed by atoms with Crippen LogP contribution in [0.1, 0.15) is 24.2 Å². The van der Waals surface area contributed by atoms with Gasteiger partial charge >= 0.3 is 0 Å². The van der Waals surface area contributed by atoms with Gasteiger partial charge in [-0.05, 0) is 48.0 Å². The van der Waals surface area contributed by atoms with Crippen molar-refractivity contribution < 1.29 is 14.3 Å². The molecule has 0 heterocycles. The van der Waals surface area contributed by atoms with Crippen molar-refractivity contribution in [2.24, 2.45) is 0 Å². The minimum absolute atomic E-state index is 0.0597. The van der Waals surface area contributed by atoms with E-state index in [1.807, 2.05) is 13.8 Å². The normalized spacial score (nSPS) is 10.1. The minimum Gasteiger partial charge on any atom is -0.497 e. The lowest BCUT2D eigenvalue weighted by Crippen LogP contribution is -2.41. The zero-order valence-electron chi connectivity index (χ0n) is 12.9. The molecule has 5 nitrogen and oxygen atoms in total. The van der Waals surface area contributed by atoms with Crippen LogP contribution in [0, 0.1) is 0 Å². The molecular weight excluding hydrogens is 336 g/mol. The number of halogens is 1. The van der Waals surface area contributed by atoms with Crippen LogP contribution >= 0.6 is 15.9 Å². The van der Waals surface area contributed by atoms with E-state index in [-0.39, 0.29) is 18.4 Å². The maximum Gasteiger partial charge on any atom is 0.255 e. The van der Waals surface area contributed by atoms with Gasteiger partial charge in [0.05, 0.1) is 19.2 Å². The molecule has 2 amide bonds. The van der Waals surface area contributed by atoms with Crippen molar-refractivity contribution in [3.8, 4) is 5.75 Å². The molecule has 21 heavy (non-hydrogen) atoms. The van der Waals surface area contributed by atoms with E-state index >= 15 is 0 Å². The summed E-state index contributed by atoms with van der Waals surface area (Å²) in [5, 5.41) is 0. The second-order valence-electron chi connectivity index (χ2n) is 4.57. The van der Waals surface area contributed by atoms with Crippen molar-refractivity contribution in [2.45, 2.75) is 13.8 Å². The molecule has 1 rings (SSSR count). The predicted octanol–water partition coefficient (Wildman–Crippen LogP) is 2.40. The molecule has 0 N–H and O–H groups in total. The SMILES string of the molecule is CCN(CC)C(=O)CN(C)C(=O)c1cc(OC)ccc1Br. The number of methoxy groups -OCH3 is 1. The third kappa shape index (κ3) is 4.46. The fourth-order valence-electron chi connectivity index (χ4n) is 1.95. The lowest BCUT2D eigenvalue weighted by molar-refractivity contribution is -0.131. The fourth-order valence-corrected chi connectivity index (χ4v) is 2.37. The van der Waals surface area contributed by atoms with E-state index in [9.17, 15) is 9.59 Å². The van der Waals surface area contributed by atoms with Crippen LogP contribution < -0.4 is 4.74 Å². The van der Waals surface area contributed by atoms with Gasteiger partial charge in [-0.25, -0.2) is 0 Å². The second-order valence-corrected chi connectivity index (χ2v) is 5.43. The third-order valence-electron chi connectivity index (χ3n) is 3.24. The molecule has 116 valence electrons. The third-order valence-corrected chi connectivity index (χ3v) is 3.93. The van der Waals surface area contributed by atoms with Gasteiger partial charge in [0.1, 0.15) is 5.75 Å². The zero-order valence-corrected chi connectivity index (χ0v) is 14.4. The number of hydrogen-bond donors (Lipinski definition) is 0. The molecule has 0 aliphatic rings. The van der Waals surface area contributed by atoms with Gasteiger partial charge in [-0.15, -0.1) is 0 Å². The highest BCUT2D eigenvalue weighted by atomic mass is 79.9. The molecule has 6 heteroatoms. The van der Waals surface area contributed by atoms with E-state index in [4.69, 9.17) is 4.74 Å². The number of hydrogen-bond acceptors (Lipinski definition) is 3. The Morgan fingerprint density at radius 3 is 2.38 bits per heavy atom. The monoisotopic (exact) mass is 356 g/mol. The molecule has 0 aromatic heterocycles. The number of amides is 2. The Bertz CT molecular complexity index is 516. The molecule has 0 spiro atoms. The van der Waals surface area contributed by atoms with Gasteiger partial charge in [-0.1, -0.05) is 0 Å². The minimum atomic E-state index is -0.221. The molecule has 0 bridgehead atoms. The summed E-state index contributed by atoms with van der Waals surface area (Å²) in [6, 6.07) is 5.18. The Labute approximate surface area is 134 Å². The van der Waals surface area contributed by atoms with E-state index in [0.717, 1.165) is 0 Å². The van der Waals surface area contributed by atoms with Crippen molar-refractivity contribution in [2.75, 3.05) is 33.8 Å². The van der Waals surface area contributed by atoms with Gasteiger partial charge in [-0.3, -0.25) is 9.59 Å². The molecule has 0 unspecified atom stereocenters. The maximum absolute atomic E-state index is 12.4. The Kier molecular flexibility index (Phi) is 6.68. The number of ether oxygens (including phenoxy) is 1. The Hall–Kier alpha value is -1.56. The summed E-state index contributed by atoms with van der Waals surface area (Å²) >= 11 is 3.35. The molecule has 1 aromatic carbocycles. The topological polar surface area (TPSA) is 49.9 Å². The van der Waals surface area contributed by atoms with Gasteiger partial charge in [0.15, 0.2) is 0 Å². The molecule has 0 saturated carbocycles. The number of likely N-dealkylation sites (N-methyl/N-ethyl adjacent to an activating group) is 2. The number of nitrogens with zero attached hydrogens (tertiary/aromatic N) is 2. The highest BCUT2D eigenvalue weighted by Gasteiger charge is 2.20. The first-order chi connectivity index (χ1) is 9.94. The van der Waals surface area contributed by atoms with E-state index < -0.39 is 0 Å². The first-order valence-corrected chi connectivity index (χ1v) is 7.60. The molecule has 1 aromatic rings. The van der Waals surface area contributed by atoms with Gasteiger partial charge in [0.2, 0.25) is 5.91 Å². The molecular formula is C15H21BrN2O3. The van der Waals surface area contributed by atoms with Crippen LogP contribution in [0.25, 0.3) is 0 Å². The first kappa shape index (κ1) is 17.5. The summed E-state index contributed by atoms with van der Waals surface area (Å²) in [6.45, 7) is 5.17. The van der Waals surface area contributed by atoms with E-state index in [1.54, 1.807) is 37.3 Å². The fraction of sp³-hybridized carbons (Fsp3) is 0.467. The Morgan fingerprint density at radius 2 is 1.86 bits per heavy atom. The van der Waals surface area contributed by atoms with Crippen LogP contribution in [-0.4, -0.2) is 55.4 Å². The maximum atomic E-state index is 12.4. The lowest BCUT2D eigenvalue weighted by atomic mass is 10.2.